The number of anilines is 1. The SMILES string of the molecule is Cc1c(Cl)nc2ncnn2c1NCCCC(C)O. The first kappa shape index (κ1) is 13.0. The molecule has 2 heterocycles. The third-order valence-electron chi connectivity index (χ3n) is 2.70. The van der Waals surface area contributed by atoms with Crippen LogP contribution in [-0.4, -0.2) is 37.3 Å². The van der Waals surface area contributed by atoms with E-state index in [1.165, 1.54) is 6.33 Å². The van der Waals surface area contributed by atoms with E-state index in [1.54, 1.807) is 11.4 Å². The van der Waals surface area contributed by atoms with Crippen molar-refractivity contribution in [2.75, 3.05) is 11.9 Å². The monoisotopic (exact) mass is 269 g/mol. The zero-order chi connectivity index (χ0) is 13.1. The van der Waals surface area contributed by atoms with Crippen LogP contribution in [0.5, 0.6) is 0 Å². The first-order valence-corrected chi connectivity index (χ1v) is 6.25. The summed E-state index contributed by atoms with van der Waals surface area (Å²) in [7, 11) is 0. The predicted octanol–water partition coefficient (Wildman–Crippen LogP) is 1.66. The van der Waals surface area contributed by atoms with E-state index in [9.17, 15) is 5.11 Å². The van der Waals surface area contributed by atoms with Gasteiger partial charge in [-0.1, -0.05) is 11.6 Å². The summed E-state index contributed by atoms with van der Waals surface area (Å²) in [4.78, 5) is 8.14. The Hall–Kier alpha value is -1.40. The number of fused-ring (bicyclic) bond motifs is 1. The number of hydrogen-bond acceptors (Lipinski definition) is 5. The molecule has 0 aromatic carbocycles. The Morgan fingerprint density at radius 2 is 2.33 bits per heavy atom. The summed E-state index contributed by atoms with van der Waals surface area (Å²) in [6.07, 6.45) is 2.79. The van der Waals surface area contributed by atoms with Crippen LogP contribution < -0.4 is 5.32 Å². The van der Waals surface area contributed by atoms with E-state index in [0.717, 1.165) is 30.8 Å². The van der Waals surface area contributed by atoms with Crippen LogP contribution in [0, 0.1) is 6.92 Å². The second-order valence-corrected chi connectivity index (χ2v) is 4.62. The van der Waals surface area contributed by atoms with Gasteiger partial charge in [0.1, 0.15) is 17.3 Å². The van der Waals surface area contributed by atoms with Gasteiger partial charge in [-0.2, -0.15) is 19.6 Å². The minimum absolute atomic E-state index is 0.277. The smallest absolute Gasteiger partial charge is 0.255 e. The van der Waals surface area contributed by atoms with Crippen LogP contribution in [0.4, 0.5) is 5.82 Å². The summed E-state index contributed by atoms with van der Waals surface area (Å²) in [6.45, 7) is 4.40. The molecule has 0 aliphatic rings. The van der Waals surface area contributed by atoms with Crippen LogP contribution in [0.1, 0.15) is 25.3 Å². The molecule has 2 N–H and O–H groups in total. The average molecular weight is 270 g/mol. The van der Waals surface area contributed by atoms with Gasteiger partial charge in [0.2, 0.25) is 0 Å². The van der Waals surface area contributed by atoms with Gasteiger partial charge in [-0.05, 0) is 26.7 Å². The number of nitrogens with one attached hydrogen (secondary N) is 1. The lowest BCUT2D eigenvalue weighted by molar-refractivity contribution is 0.183. The highest BCUT2D eigenvalue weighted by molar-refractivity contribution is 6.30. The lowest BCUT2D eigenvalue weighted by Crippen LogP contribution is -2.11. The Kier molecular flexibility index (Phi) is 3.98. The molecule has 0 amide bonds. The number of aliphatic hydroxyl groups excluding tert-OH is 1. The molecule has 2 aromatic rings. The van der Waals surface area contributed by atoms with Gasteiger partial charge >= 0.3 is 0 Å². The highest BCUT2D eigenvalue weighted by atomic mass is 35.5. The Balaban J connectivity index is 2.16. The summed E-state index contributed by atoms with van der Waals surface area (Å²) in [5.74, 6) is 1.27. The number of nitrogens with zero attached hydrogens (tertiary/aromatic N) is 4. The number of aliphatic hydroxyl groups is 1. The zero-order valence-electron chi connectivity index (χ0n) is 10.4. The maximum atomic E-state index is 9.20. The first-order valence-electron chi connectivity index (χ1n) is 5.87. The largest absolute Gasteiger partial charge is 0.393 e. The molecule has 7 heteroatoms. The minimum atomic E-state index is -0.277. The van der Waals surface area contributed by atoms with Gasteiger partial charge < -0.3 is 10.4 Å². The van der Waals surface area contributed by atoms with Crippen molar-refractivity contribution in [3.63, 3.8) is 0 Å². The van der Waals surface area contributed by atoms with Crippen LogP contribution in [0.2, 0.25) is 5.15 Å². The summed E-state index contributed by atoms with van der Waals surface area (Å²) in [5, 5.41) is 17.0. The molecule has 98 valence electrons. The molecule has 0 aliphatic carbocycles. The molecule has 0 saturated heterocycles. The summed E-state index contributed by atoms with van der Waals surface area (Å²) in [6, 6.07) is 0. The van der Waals surface area contributed by atoms with Crippen LogP contribution >= 0.6 is 11.6 Å². The van der Waals surface area contributed by atoms with Gasteiger partial charge in [-0.3, -0.25) is 0 Å². The Labute approximate surface area is 110 Å². The number of rotatable bonds is 5. The molecular weight excluding hydrogens is 254 g/mol. The van der Waals surface area contributed by atoms with Crippen molar-refractivity contribution in [2.45, 2.75) is 32.8 Å². The molecule has 2 aromatic heterocycles. The fourth-order valence-electron chi connectivity index (χ4n) is 1.71. The zero-order valence-corrected chi connectivity index (χ0v) is 11.1. The summed E-state index contributed by atoms with van der Waals surface area (Å²) >= 11 is 6.04. The van der Waals surface area contributed by atoms with Crippen LogP contribution in [0.3, 0.4) is 0 Å². The molecule has 0 spiro atoms. The van der Waals surface area contributed by atoms with Crippen molar-refractivity contribution in [1.29, 1.82) is 0 Å². The van der Waals surface area contributed by atoms with Crippen molar-refractivity contribution in [3.05, 3.63) is 17.0 Å². The molecule has 1 unspecified atom stereocenters. The number of halogens is 1. The molecule has 6 nitrogen and oxygen atoms in total. The fraction of sp³-hybridized carbons (Fsp3) is 0.545. The highest BCUT2D eigenvalue weighted by Gasteiger charge is 2.11. The van der Waals surface area contributed by atoms with E-state index in [-0.39, 0.29) is 6.10 Å². The van der Waals surface area contributed by atoms with Crippen molar-refractivity contribution < 1.29 is 5.11 Å². The van der Waals surface area contributed by atoms with E-state index in [0.29, 0.717) is 10.9 Å². The van der Waals surface area contributed by atoms with Crippen molar-refractivity contribution in [2.24, 2.45) is 0 Å². The fourth-order valence-corrected chi connectivity index (χ4v) is 1.87. The maximum absolute atomic E-state index is 9.20. The molecule has 0 aliphatic heterocycles. The third kappa shape index (κ3) is 2.70. The molecule has 1 atom stereocenters. The Morgan fingerprint density at radius 1 is 1.56 bits per heavy atom. The van der Waals surface area contributed by atoms with Crippen LogP contribution in [0.15, 0.2) is 6.33 Å². The second kappa shape index (κ2) is 5.49. The van der Waals surface area contributed by atoms with E-state index in [1.807, 2.05) is 6.92 Å². The quantitative estimate of drug-likeness (QED) is 0.638. The van der Waals surface area contributed by atoms with Crippen LogP contribution in [-0.2, 0) is 0 Å². The van der Waals surface area contributed by atoms with Gasteiger partial charge in [-0.15, -0.1) is 0 Å². The van der Waals surface area contributed by atoms with Gasteiger partial charge in [0.25, 0.3) is 5.78 Å². The van der Waals surface area contributed by atoms with Crippen LogP contribution in [0.25, 0.3) is 5.78 Å². The van der Waals surface area contributed by atoms with Gasteiger partial charge in [0.05, 0.1) is 6.10 Å². The molecule has 0 bridgehead atoms. The highest BCUT2D eigenvalue weighted by Crippen LogP contribution is 2.21. The molecule has 0 saturated carbocycles. The minimum Gasteiger partial charge on any atom is -0.393 e. The molecule has 0 radical (unpaired) electrons. The van der Waals surface area contributed by atoms with E-state index >= 15 is 0 Å². The summed E-state index contributed by atoms with van der Waals surface area (Å²) < 4.78 is 1.63. The second-order valence-electron chi connectivity index (χ2n) is 4.27. The van der Waals surface area contributed by atoms with Crippen molar-refractivity contribution >= 4 is 23.2 Å². The lowest BCUT2D eigenvalue weighted by atomic mass is 10.2. The van der Waals surface area contributed by atoms with Crippen molar-refractivity contribution in [1.82, 2.24) is 19.6 Å². The number of hydrogen-bond donors (Lipinski definition) is 2. The predicted molar refractivity (Wildman–Crippen MR) is 69.9 cm³/mol. The molecule has 18 heavy (non-hydrogen) atoms. The Morgan fingerprint density at radius 3 is 3.06 bits per heavy atom. The average Bonchev–Trinajstić information content (AvgIpc) is 2.76. The Bertz CT molecular complexity index is 539. The molecule has 0 fully saturated rings. The standard InChI is InChI=1S/C11H16ClN5O/c1-7(18)4-3-5-13-10-8(2)9(12)16-11-14-6-15-17(10)11/h6-7,13,18H,3-5H2,1-2H3. The van der Waals surface area contributed by atoms with Gasteiger partial charge in [-0.25, -0.2) is 0 Å². The first-order chi connectivity index (χ1) is 8.59. The van der Waals surface area contributed by atoms with Crippen molar-refractivity contribution in [3.8, 4) is 0 Å². The normalized spacial score (nSPS) is 12.9. The third-order valence-corrected chi connectivity index (χ3v) is 3.06. The lowest BCUT2D eigenvalue weighted by Gasteiger charge is -2.12. The number of aromatic nitrogens is 4. The van der Waals surface area contributed by atoms with E-state index in [4.69, 9.17) is 11.6 Å². The van der Waals surface area contributed by atoms with E-state index < -0.39 is 0 Å². The molecule has 2 rings (SSSR count). The van der Waals surface area contributed by atoms with E-state index in [2.05, 4.69) is 20.4 Å². The summed E-state index contributed by atoms with van der Waals surface area (Å²) in [5.41, 5.74) is 0.840. The molecular formula is C11H16ClN5O. The van der Waals surface area contributed by atoms with Gasteiger partial charge in [0, 0.05) is 12.1 Å². The maximum Gasteiger partial charge on any atom is 0.255 e. The topological polar surface area (TPSA) is 75.3 Å². The van der Waals surface area contributed by atoms with Gasteiger partial charge in [0.15, 0.2) is 0 Å².